The number of nitriles is 1. The second-order valence-corrected chi connectivity index (χ2v) is 7.62. The van der Waals surface area contributed by atoms with Gasteiger partial charge in [-0.05, 0) is 67.2 Å². The summed E-state index contributed by atoms with van der Waals surface area (Å²) in [6.07, 6.45) is 5.66. The topological polar surface area (TPSA) is 27.0 Å². The first-order valence-electron chi connectivity index (χ1n) is 6.53. The normalized spacial score (nSPS) is 24.1. The molecule has 1 saturated carbocycles. The highest BCUT2D eigenvalue weighted by Gasteiger charge is 2.23. The van der Waals surface area contributed by atoms with Crippen molar-refractivity contribution in [2.75, 3.05) is 13.6 Å². The minimum atomic E-state index is 0.308. The van der Waals surface area contributed by atoms with Gasteiger partial charge in [0, 0.05) is 23.4 Å². The summed E-state index contributed by atoms with van der Waals surface area (Å²) in [5.74, 6) is 0.308. The summed E-state index contributed by atoms with van der Waals surface area (Å²) in [7, 11) is 2.22. The molecule has 0 aliphatic heterocycles. The van der Waals surface area contributed by atoms with Crippen molar-refractivity contribution in [1.29, 1.82) is 5.26 Å². The summed E-state index contributed by atoms with van der Waals surface area (Å²) in [4.78, 5) is 3.92. The van der Waals surface area contributed by atoms with Crippen LogP contribution in [0.2, 0.25) is 0 Å². The van der Waals surface area contributed by atoms with E-state index in [4.69, 9.17) is 5.26 Å². The average Bonchev–Trinajstić information content (AvgIpc) is 2.82. The lowest BCUT2D eigenvalue weighted by Gasteiger charge is -2.32. The molecule has 2 nitrogen and oxygen atoms in total. The van der Waals surface area contributed by atoms with Crippen molar-refractivity contribution in [2.45, 2.75) is 38.1 Å². The van der Waals surface area contributed by atoms with E-state index in [1.165, 1.54) is 21.5 Å². The van der Waals surface area contributed by atoms with Gasteiger partial charge < -0.3 is 4.90 Å². The zero-order valence-electron chi connectivity index (χ0n) is 10.7. The lowest BCUT2D eigenvalue weighted by Crippen LogP contribution is -2.36. The highest BCUT2D eigenvalue weighted by molar-refractivity contribution is 9.11. The van der Waals surface area contributed by atoms with Gasteiger partial charge in [-0.2, -0.15) is 5.26 Å². The van der Waals surface area contributed by atoms with E-state index in [-0.39, 0.29) is 0 Å². The van der Waals surface area contributed by atoms with Crippen molar-refractivity contribution in [2.24, 2.45) is 5.92 Å². The molecule has 0 aromatic carbocycles. The van der Waals surface area contributed by atoms with Crippen LogP contribution in [0.4, 0.5) is 0 Å². The minimum absolute atomic E-state index is 0.308. The first-order valence-corrected chi connectivity index (χ1v) is 8.14. The third-order valence-electron chi connectivity index (χ3n) is 3.84. The van der Waals surface area contributed by atoms with Crippen molar-refractivity contribution in [3.8, 4) is 6.07 Å². The molecule has 0 amide bonds. The van der Waals surface area contributed by atoms with Crippen LogP contribution in [0.25, 0.3) is 0 Å². The smallest absolute Gasteiger partial charge is 0.0701 e. The molecule has 18 heavy (non-hydrogen) atoms. The number of likely N-dealkylation sites (N-methyl/N-ethyl adjacent to an activating group) is 1. The van der Waals surface area contributed by atoms with E-state index >= 15 is 0 Å². The van der Waals surface area contributed by atoms with Crippen LogP contribution in [0.1, 0.15) is 30.6 Å². The van der Waals surface area contributed by atoms with Crippen LogP contribution < -0.4 is 0 Å². The fourth-order valence-electron chi connectivity index (χ4n) is 2.60. The van der Waals surface area contributed by atoms with Gasteiger partial charge in [0.2, 0.25) is 0 Å². The molecule has 1 aromatic rings. The molecule has 4 heteroatoms. The van der Waals surface area contributed by atoms with E-state index in [1.807, 2.05) is 11.3 Å². The van der Waals surface area contributed by atoms with Crippen LogP contribution in [0.5, 0.6) is 0 Å². The summed E-state index contributed by atoms with van der Waals surface area (Å²) in [6, 6.07) is 7.41. The van der Waals surface area contributed by atoms with Gasteiger partial charge in [0.25, 0.3) is 0 Å². The predicted molar refractivity (Wildman–Crippen MR) is 79.7 cm³/mol. The lowest BCUT2D eigenvalue weighted by molar-refractivity contribution is 0.180. The number of nitrogens with zero attached hydrogens (tertiary/aromatic N) is 2. The summed E-state index contributed by atoms with van der Waals surface area (Å²) < 4.78 is 1.22. The van der Waals surface area contributed by atoms with Crippen LogP contribution in [0.3, 0.4) is 0 Å². The highest BCUT2D eigenvalue weighted by Crippen LogP contribution is 2.27. The van der Waals surface area contributed by atoms with E-state index in [0.717, 1.165) is 25.8 Å². The maximum Gasteiger partial charge on any atom is 0.0701 e. The quantitative estimate of drug-likeness (QED) is 0.834. The molecule has 2 rings (SSSR count). The Bertz CT molecular complexity index is 416. The second-order valence-electron chi connectivity index (χ2n) is 5.07. The molecule has 1 aliphatic rings. The molecule has 0 N–H and O–H groups in total. The molecular weight excluding hydrogens is 308 g/mol. The van der Waals surface area contributed by atoms with Gasteiger partial charge in [0.05, 0.1) is 9.86 Å². The van der Waals surface area contributed by atoms with E-state index in [2.05, 4.69) is 46.1 Å². The summed E-state index contributed by atoms with van der Waals surface area (Å²) in [5, 5.41) is 8.90. The Morgan fingerprint density at radius 1 is 1.39 bits per heavy atom. The largest absolute Gasteiger partial charge is 0.303 e. The van der Waals surface area contributed by atoms with Crippen molar-refractivity contribution in [1.82, 2.24) is 4.90 Å². The van der Waals surface area contributed by atoms with E-state index in [1.54, 1.807) is 0 Å². The fourth-order valence-corrected chi connectivity index (χ4v) is 4.07. The van der Waals surface area contributed by atoms with Crippen LogP contribution in [-0.2, 0) is 6.42 Å². The average molecular weight is 327 g/mol. The number of rotatable bonds is 4. The zero-order chi connectivity index (χ0) is 13.0. The van der Waals surface area contributed by atoms with Gasteiger partial charge in [0.1, 0.15) is 0 Å². The molecule has 0 spiro atoms. The molecule has 1 aliphatic carbocycles. The van der Waals surface area contributed by atoms with Gasteiger partial charge in [-0.25, -0.2) is 0 Å². The van der Waals surface area contributed by atoms with Crippen molar-refractivity contribution >= 4 is 27.3 Å². The fraction of sp³-hybridized carbons (Fsp3) is 0.643. The standard InChI is InChI=1S/C14H19BrN2S/c1-17(9-8-13-6-7-14(15)18-13)12-4-2-11(10-16)3-5-12/h6-7,11-12H,2-5,8-9H2,1H3. The lowest BCUT2D eigenvalue weighted by atomic mass is 9.86. The van der Waals surface area contributed by atoms with Gasteiger partial charge >= 0.3 is 0 Å². The number of halogens is 1. The van der Waals surface area contributed by atoms with Gasteiger partial charge in [-0.3, -0.25) is 0 Å². The van der Waals surface area contributed by atoms with Gasteiger partial charge in [-0.1, -0.05) is 0 Å². The predicted octanol–water partition coefficient (Wildman–Crippen LogP) is 4.07. The molecule has 1 heterocycles. The third-order valence-corrected chi connectivity index (χ3v) is 5.53. The molecule has 0 saturated heterocycles. The third kappa shape index (κ3) is 3.81. The first kappa shape index (κ1) is 14.0. The van der Waals surface area contributed by atoms with E-state index < -0.39 is 0 Å². The minimum Gasteiger partial charge on any atom is -0.303 e. The Labute approximate surface area is 122 Å². The van der Waals surface area contributed by atoms with Crippen molar-refractivity contribution in [3.05, 3.63) is 20.8 Å². The maximum atomic E-state index is 8.90. The van der Waals surface area contributed by atoms with Crippen LogP contribution in [-0.4, -0.2) is 24.5 Å². The number of hydrogen-bond donors (Lipinski definition) is 0. The summed E-state index contributed by atoms with van der Waals surface area (Å²) >= 11 is 5.33. The number of hydrogen-bond acceptors (Lipinski definition) is 3. The Balaban J connectivity index is 1.75. The molecular formula is C14H19BrN2S. The summed E-state index contributed by atoms with van der Waals surface area (Å²) in [5.41, 5.74) is 0. The molecule has 1 aromatic heterocycles. The number of thiophene rings is 1. The molecule has 0 atom stereocenters. The highest BCUT2D eigenvalue weighted by atomic mass is 79.9. The Morgan fingerprint density at radius 2 is 2.11 bits per heavy atom. The van der Waals surface area contributed by atoms with Gasteiger partial charge in [-0.15, -0.1) is 11.3 Å². The van der Waals surface area contributed by atoms with Crippen LogP contribution in [0.15, 0.2) is 15.9 Å². The van der Waals surface area contributed by atoms with E-state index in [0.29, 0.717) is 12.0 Å². The monoisotopic (exact) mass is 326 g/mol. The van der Waals surface area contributed by atoms with Crippen LogP contribution >= 0.6 is 27.3 Å². The van der Waals surface area contributed by atoms with Crippen molar-refractivity contribution in [3.63, 3.8) is 0 Å². The summed E-state index contributed by atoms with van der Waals surface area (Å²) in [6.45, 7) is 1.12. The second kappa shape index (κ2) is 6.70. The van der Waals surface area contributed by atoms with E-state index in [9.17, 15) is 0 Å². The van der Waals surface area contributed by atoms with Crippen LogP contribution in [0, 0.1) is 17.2 Å². The van der Waals surface area contributed by atoms with Crippen molar-refractivity contribution < 1.29 is 0 Å². The Morgan fingerprint density at radius 3 is 2.67 bits per heavy atom. The molecule has 0 bridgehead atoms. The first-order chi connectivity index (χ1) is 8.69. The SMILES string of the molecule is CN(CCc1ccc(Br)s1)C1CCC(C#N)CC1. The molecule has 0 unspecified atom stereocenters. The zero-order valence-corrected chi connectivity index (χ0v) is 13.1. The Kier molecular flexibility index (Phi) is 5.23. The van der Waals surface area contributed by atoms with Gasteiger partial charge in [0.15, 0.2) is 0 Å². The molecule has 98 valence electrons. The molecule has 0 radical (unpaired) electrons. The Hall–Kier alpha value is -0.370. The molecule has 1 fully saturated rings. The maximum absolute atomic E-state index is 8.90.